The van der Waals surface area contributed by atoms with E-state index in [-0.39, 0.29) is 6.07 Å². The highest BCUT2D eigenvalue weighted by Gasteiger charge is 2.93. The third-order valence-electron chi connectivity index (χ3n) is 4.31. The molecule has 0 spiro atoms. The maximum atomic E-state index is 14.2. The first kappa shape index (κ1) is 26.6. The van der Waals surface area contributed by atoms with Crippen LogP contribution in [0.4, 0.5) is 65.9 Å². The normalized spacial score (nSPS) is 15.2. The van der Waals surface area contributed by atoms with Gasteiger partial charge in [-0.15, -0.1) is 0 Å². The van der Waals surface area contributed by atoms with Crippen molar-refractivity contribution in [2.75, 3.05) is 0 Å². The number of fused-ring (bicyclic) bond motifs is 1. The molecule has 186 valence electrons. The van der Waals surface area contributed by atoms with Gasteiger partial charge in [-0.1, -0.05) is 18.2 Å². The third kappa shape index (κ3) is 3.41. The van der Waals surface area contributed by atoms with Crippen LogP contribution in [0, 0.1) is 0 Å². The molecule has 0 amide bonds. The molecule has 0 aliphatic rings. The number of benzene rings is 1. The van der Waals surface area contributed by atoms with Crippen molar-refractivity contribution in [3.8, 4) is 0 Å². The second-order valence-corrected chi connectivity index (χ2v) is 6.43. The Labute approximate surface area is 170 Å². The van der Waals surface area contributed by atoms with Crippen LogP contribution < -0.4 is 5.63 Å². The van der Waals surface area contributed by atoms with E-state index < -0.39 is 63.9 Å². The first-order valence-corrected chi connectivity index (χ1v) is 7.85. The largest absolute Gasteiger partial charge is 0.460 e. The SMILES string of the molecule is O=c1oc2ccccc2cc1C(F)(F)C(F)(F)C(F)(F)C(F)(F)C(F)(F)C(F)(F)C(F)(F)F. The van der Waals surface area contributed by atoms with Crippen molar-refractivity contribution < 1.29 is 70.3 Å². The van der Waals surface area contributed by atoms with Crippen molar-refractivity contribution in [3.63, 3.8) is 0 Å². The summed E-state index contributed by atoms with van der Waals surface area (Å²) in [4.78, 5) is 11.6. The van der Waals surface area contributed by atoms with Crippen LogP contribution in [0.2, 0.25) is 0 Å². The summed E-state index contributed by atoms with van der Waals surface area (Å²) in [7, 11) is 0. The average molecular weight is 514 g/mol. The van der Waals surface area contributed by atoms with Gasteiger partial charge in [0.1, 0.15) is 11.1 Å². The molecule has 0 N–H and O–H groups in total. The Hall–Kier alpha value is -2.62. The van der Waals surface area contributed by atoms with Gasteiger partial charge in [-0.05, 0) is 12.1 Å². The Balaban J connectivity index is 2.72. The zero-order chi connectivity index (χ0) is 26.1. The smallest absolute Gasteiger partial charge is 0.422 e. The van der Waals surface area contributed by atoms with Gasteiger partial charge >= 0.3 is 47.3 Å². The van der Waals surface area contributed by atoms with Crippen LogP contribution in [-0.4, -0.2) is 35.8 Å². The van der Waals surface area contributed by atoms with Gasteiger partial charge < -0.3 is 4.42 Å². The summed E-state index contributed by atoms with van der Waals surface area (Å²) in [6, 6.07) is 3.48. The molecule has 2 nitrogen and oxygen atoms in total. The van der Waals surface area contributed by atoms with Crippen LogP contribution in [0.1, 0.15) is 5.56 Å². The molecule has 0 fully saturated rings. The summed E-state index contributed by atoms with van der Waals surface area (Å²) in [5.74, 6) is -47.8. The number of hydrogen-bond donors (Lipinski definition) is 0. The summed E-state index contributed by atoms with van der Waals surface area (Å²) in [5, 5.41) is -0.688. The van der Waals surface area contributed by atoms with Gasteiger partial charge in [0.2, 0.25) is 0 Å². The quantitative estimate of drug-likeness (QED) is 0.321. The van der Waals surface area contributed by atoms with Gasteiger partial charge in [0.15, 0.2) is 0 Å². The summed E-state index contributed by atoms with van der Waals surface area (Å²) in [5.41, 5.74) is -5.96. The lowest BCUT2D eigenvalue weighted by atomic mass is 9.89. The molecule has 2 aromatic rings. The molecule has 0 aliphatic carbocycles. The maximum absolute atomic E-state index is 14.2. The molecule has 33 heavy (non-hydrogen) atoms. The average Bonchev–Trinajstić information content (AvgIpc) is 2.65. The van der Waals surface area contributed by atoms with Crippen LogP contribution >= 0.6 is 0 Å². The molecule has 1 heterocycles. The van der Waals surface area contributed by atoms with Crippen LogP contribution in [0.3, 0.4) is 0 Å². The molecule has 0 atom stereocenters. The lowest BCUT2D eigenvalue weighted by Crippen LogP contribution is -2.72. The molecule has 2 rings (SSSR count). The van der Waals surface area contributed by atoms with Crippen LogP contribution in [0.15, 0.2) is 39.5 Å². The summed E-state index contributed by atoms with van der Waals surface area (Å²) in [6.45, 7) is 0. The van der Waals surface area contributed by atoms with Gasteiger partial charge in [-0.2, -0.15) is 65.9 Å². The van der Waals surface area contributed by atoms with E-state index in [2.05, 4.69) is 4.42 Å². The first-order chi connectivity index (χ1) is 14.5. The molecule has 1 aromatic carbocycles. The molecular weight excluding hydrogens is 509 g/mol. The number of halogens is 15. The van der Waals surface area contributed by atoms with E-state index in [1.807, 2.05) is 0 Å². The lowest BCUT2D eigenvalue weighted by molar-refractivity contribution is -0.453. The highest BCUT2D eigenvalue weighted by molar-refractivity contribution is 5.76. The van der Waals surface area contributed by atoms with E-state index in [9.17, 15) is 70.7 Å². The molecule has 0 aliphatic heterocycles. The fraction of sp³-hybridized carbons (Fsp3) is 0.438. The fourth-order valence-corrected chi connectivity index (χ4v) is 2.42. The predicted molar refractivity (Wildman–Crippen MR) is 77.2 cm³/mol. The Kier molecular flexibility index (Phi) is 5.80. The van der Waals surface area contributed by atoms with Crippen molar-refractivity contribution in [1.82, 2.24) is 0 Å². The van der Waals surface area contributed by atoms with Gasteiger partial charge in [0, 0.05) is 5.39 Å². The van der Waals surface area contributed by atoms with Crippen LogP contribution in [0.5, 0.6) is 0 Å². The number of para-hydroxylation sites is 1. The van der Waals surface area contributed by atoms with Crippen molar-refractivity contribution in [3.05, 3.63) is 46.3 Å². The Morgan fingerprint density at radius 2 is 1.00 bits per heavy atom. The van der Waals surface area contributed by atoms with Crippen molar-refractivity contribution >= 4 is 11.0 Å². The molecule has 1 aromatic heterocycles. The molecule has 0 radical (unpaired) electrons. The summed E-state index contributed by atoms with van der Waals surface area (Å²) >= 11 is 0. The number of hydrogen-bond acceptors (Lipinski definition) is 2. The van der Waals surface area contributed by atoms with Gasteiger partial charge in [-0.25, -0.2) is 4.79 Å². The van der Waals surface area contributed by atoms with Crippen LogP contribution in [0.25, 0.3) is 11.0 Å². The summed E-state index contributed by atoms with van der Waals surface area (Å²) < 4.78 is 203. The minimum Gasteiger partial charge on any atom is -0.422 e. The van der Waals surface area contributed by atoms with E-state index in [4.69, 9.17) is 0 Å². The van der Waals surface area contributed by atoms with E-state index in [1.54, 1.807) is 0 Å². The third-order valence-corrected chi connectivity index (χ3v) is 4.31. The first-order valence-electron chi connectivity index (χ1n) is 7.85. The van der Waals surface area contributed by atoms with E-state index in [1.165, 1.54) is 0 Å². The molecule has 17 heteroatoms. The highest BCUT2D eigenvalue weighted by Crippen LogP contribution is 2.63. The summed E-state index contributed by atoms with van der Waals surface area (Å²) in [6.07, 6.45) is -7.69. The van der Waals surface area contributed by atoms with Gasteiger partial charge in [0.05, 0.1) is 0 Å². The monoisotopic (exact) mass is 514 g/mol. The minimum atomic E-state index is -8.43. The Morgan fingerprint density at radius 3 is 1.48 bits per heavy atom. The second-order valence-electron chi connectivity index (χ2n) is 6.43. The van der Waals surface area contributed by atoms with Gasteiger partial charge in [0.25, 0.3) is 0 Å². The van der Waals surface area contributed by atoms with E-state index >= 15 is 0 Å². The molecular formula is C16H5F15O2. The highest BCUT2D eigenvalue weighted by atomic mass is 19.4. The zero-order valence-electron chi connectivity index (χ0n) is 14.9. The minimum absolute atomic E-state index is 0.272. The van der Waals surface area contributed by atoms with Crippen molar-refractivity contribution in [2.24, 2.45) is 0 Å². The molecule has 0 unspecified atom stereocenters. The van der Waals surface area contributed by atoms with E-state index in [0.29, 0.717) is 0 Å². The second kappa shape index (κ2) is 7.19. The topological polar surface area (TPSA) is 30.2 Å². The lowest BCUT2D eigenvalue weighted by Gasteiger charge is -2.41. The Bertz CT molecular complexity index is 1100. The molecule has 0 saturated heterocycles. The maximum Gasteiger partial charge on any atom is 0.460 e. The van der Waals surface area contributed by atoms with E-state index in [0.717, 1.165) is 24.3 Å². The number of alkyl halides is 15. The van der Waals surface area contributed by atoms with Crippen molar-refractivity contribution in [1.29, 1.82) is 0 Å². The fourth-order valence-electron chi connectivity index (χ4n) is 2.42. The van der Waals surface area contributed by atoms with Crippen LogP contribution in [-0.2, 0) is 5.92 Å². The predicted octanol–water partition coefficient (Wildman–Crippen LogP) is 6.62. The van der Waals surface area contributed by atoms with Gasteiger partial charge in [-0.3, -0.25) is 0 Å². The standard InChI is InChI=1S/C16H5F15O2/c17-10(18,7-5-6-3-1-2-4-8(6)33-9(7)32)11(19,20)12(21,22)13(23,24)14(25,26)15(27,28)16(29,30)31/h1-5H. The van der Waals surface area contributed by atoms with Crippen molar-refractivity contribution in [2.45, 2.75) is 41.7 Å². The molecule has 0 saturated carbocycles. The number of rotatable bonds is 6. The Morgan fingerprint density at radius 1 is 0.576 bits per heavy atom. The zero-order valence-corrected chi connectivity index (χ0v) is 14.9. The molecule has 0 bridgehead atoms.